The molecule has 1 heterocycles. The monoisotopic (exact) mass is 201 g/mol. The average Bonchev–Trinajstić information content (AvgIpc) is 2.66. The molecule has 0 aliphatic heterocycles. The van der Waals surface area contributed by atoms with Crippen molar-refractivity contribution in [1.82, 2.24) is 15.1 Å². The van der Waals surface area contributed by atoms with Gasteiger partial charge in [-0.2, -0.15) is 5.10 Å². The Kier molecular flexibility index (Phi) is 3.15. The van der Waals surface area contributed by atoms with Crippen molar-refractivity contribution in [2.75, 3.05) is 0 Å². The summed E-state index contributed by atoms with van der Waals surface area (Å²) in [6.07, 6.45) is 1.82. The van der Waals surface area contributed by atoms with Crippen LogP contribution in [0.15, 0.2) is 42.6 Å². The largest absolute Gasteiger partial charge is 0.307 e. The maximum Gasteiger partial charge on any atom is 0.0518 e. The Bertz CT molecular complexity index is 406. The van der Waals surface area contributed by atoms with E-state index < -0.39 is 0 Å². The van der Waals surface area contributed by atoms with Gasteiger partial charge in [0, 0.05) is 26.3 Å². The number of benzene rings is 1. The first-order chi connectivity index (χ1) is 7.36. The molecule has 0 aliphatic rings. The van der Waals surface area contributed by atoms with Gasteiger partial charge in [-0.15, -0.1) is 0 Å². The summed E-state index contributed by atoms with van der Waals surface area (Å²) < 4.78 is 1.89. The molecule has 0 atom stereocenters. The summed E-state index contributed by atoms with van der Waals surface area (Å²) in [5.41, 5.74) is 2.51. The third kappa shape index (κ3) is 2.67. The van der Waals surface area contributed by atoms with Crippen molar-refractivity contribution in [3.8, 4) is 0 Å². The molecule has 3 heteroatoms. The van der Waals surface area contributed by atoms with E-state index in [1.54, 1.807) is 0 Å². The van der Waals surface area contributed by atoms with E-state index in [9.17, 15) is 0 Å². The molecule has 0 unspecified atom stereocenters. The minimum atomic E-state index is 0.853. The van der Waals surface area contributed by atoms with E-state index in [4.69, 9.17) is 0 Å². The minimum Gasteiger partial charge on any atom is -0.307 e. The zero-order chi connectivity index (χ0) is 10.5. The van der Waals surface area contributed by atoms with Crippen LogP contribution in [0.2, 0.25) is 0 Å². The van der Waals surface area contributed by atoms with Crippen LogP contribution >= 0.6 is 0 Å². The molecule has 1 N–H and O–H groups in total. The van der Waals surface area contributed by atoms with Crippen molar-refractivity contribution >= 4 is 0 Å². The van der Waals surface area contributed by atoms with Crippen LogP contribution in [0.3, 0.4) is 0 Å². The number of hydrogen-bond acceptors (Lipinski definition) is 2. The highest BCUT2D eigenvalue weighted by Crippen LogP contribution is 1.99. The second kappa shape index (κ2) is 4.75. The number of hydrogen-bond donors (Lipinski definition) is 1. The van der Waals surface area contributed by atoms with E-state index in [2.05, 4.69) is 34.7 Å². The highest BCUT2D eigenvalue weighted by molar-refractivity contribution is 5.14. The second-order valence-electron chi connectivity index (χ2n) is 3.54. The van der Waals surface area contributed by atoms with Gasteiger partial charge in [0.1, 0.15) is 0 Å². The molecule has 0 radical (unpaired) electrons. The third-order valence-corrected chi connectivity index (χ3v) is 2.40. The molecule has 0 bridgehead atoms. The molecule has 1 aromatic carbocycles. The predicted octanol–water partition coefficient (Wildman–Crippen LogP) is 1.71. The summed E-state index contributed by atoms with van der Waals surface area (Å²) in [4.78, 5) is 0. The van der Waals surface area contributed by atoms with E-state index in [1.807, 2.05) is 30.1 Å². The van der Waals surface area contributed by atoms with Crippen LogP contribution in [0, 0.1) is 0 Å². The van der Waals surface area contributed by atoms with E-state index >= 15 is 0 Å². The highest BCUT2D eigenvalue weighted by Gasteiger charge is 1.97. The third-order valence-electron chi connectivity index (χ3n) is 2.40. The Morgan fingerprint density at radius 2 is 1.93 bits per heavy atom. The molecule has 15 heavy (non-hydrogen) atoms. The summed E-state index contributed by atoms with van der Waals surface area (Å²) >= 11 is 0. The average molecular weight is 201 g/mol. The predicted molar refractivity (Wildman–Crippen MR) is 60.2 cm³/mol. The van der Waals surface area contributed by atoms with E-state index in [1.165, 1.54) is 11.3 Å². The molecule has 0 fully saturated rings. The zero-order valence-corrected chi connectivity index (χ0v) is 8.85. The second-order valence-corrected chi connectivity index (χ2v) is 3.54. The van der Waals surface area contributed by atoms with Gasteiger partial charge in [0.2, 0.25) is 0 Å². The zero-order valence-electron chi connectivity index (χ0n) is 8.85. The molecule has 1 aromatic heterocycles. The maximum atomic E-state index is 4.12. The van der Waals surface area contributed by atoms with Crippen LogP contribution in [0.5, 0.6) is 0 Å². The molecule has 0 saturated heterocycles. The van der Waals surface area contributed by atoms with Crippen LogP contribution in [0.4, 0.5) is 0 Å². The first-order valence-electron chi connectivity index (χ1n) is 5.08. The molecule has 0 amide bonds. The van der Waals surface area contributed by atoms with Gasteiger partial charge < -0.3 is 5.32 Å². The minimum absolute atomic E-state index is 0.853. The fourth-order valence-electron chi connectivity index (χ4n) is 1.51. The summed E-state index contributed by atoms with van der Waals surface area (Å²) in [7, 11) is 1.96. The molecule has 3 nitrogen and oxygen atoms in total. The molecule has 0 aliphatic carbocycles. The molecular formula is C12H15N3. The molecule has 78 valence electrons. The Labute approximate surface area is 89.7 Å². The standard InChI is InChI=1S/C12H15N3/c1-15-12(7-8-14-15)10-13-9-11-5-3-2-4-6-11/h2-8,13H,9-10H2,1H3. The molecule has 0 spiro atoms. The first kappa shape index (κ1) is 9.93. The van der Waals surface area contributed by atoms with Crippen molar-refractivity contribution < 1.29 is 0 Å². The SMILES string of the molecule is Cn1nccc1CNCc1ccccc1. The normalized spacial score (nSPS) is 10.5. The van der Waals surface area contributed by atoms with Gasteiger partial charge >= 0.3 is 0 Å². The van der Waals surface area contributed by atoms with E-state index in [0.29, 0.717) is 0 Å². The lowest BCUT2D eigenvalue weighted by molar-refractivity contribution is 0.626. The summed E-state index contributed by atoms with van der Waals surface area (Å²) in [5, 5.41) is 7.50. The number of nitrogens with one attached hydrogen (secondary N) is 1. The van der Waals surface area contributed by atoms with Crippen molar-refractivity contribution in [3.63, 3.8) is 0 Å². The number of nitrogens with zero attached hydrogens (tertiary/aromatic N) is 2. The van der Waals surface area contributed by atoms with Gasteiger partial charge in [-0.05, 0) is 11.6 Å². The van der Waals surface area contributed by atoms with Gasteiger partial charge in [0.05, 0.1) is 5.69 Å². The van der Waals surface area contributed by atoms with Crippen LogP contribution in [-0.2, 0) is 20.1 Å². The Hall–Kier alpha value is -1.61. The Morgan fingerprint density at radius 3 is 2.60 bits per heavy atom. The Balaban J connectivity index is 1.83. The van der Waals surface area contributed by atoms with Crippen LogP contribution in [0.25, 0.3) is 0 Å². The van der Waals surface area contributed by atoms with Gasteiger partial charge in [-0.25, -0.2) is 0 Å². The fraction of sp³-hybridized carbons (Fsp3) is 0.250. The molecule has 0 saturated carbocycles. The highest BCUT2D eigenvalue weighted by atomic mass is 15.3. The van der Waals surface area contributed by atoms with Gasteiger partial charge in [-0.1, -0.05) is 30.3 Å². The van der Waals surface area contributed by atoms with Crippen molar-refractivity contribution in [1.29, 1.82) is 0 Å². The van der Waals surface area contributed by atoms with Crippen LogP contribution in [0.1, 0.15) is 11.3 Å². The number of aromatic nitrogens is 2. The van der Waals surface area contributed by atoms with E-state index in [0.717, 1.165) is 13.1 Å². The summed E-state index contributed by atoms with van der Waals surface area (Å²) in [6.45, 7) is 1.75. The van der Waals surface area contributed by atoms with Gasteiger partial charge in [-0.3, -0.25) is 4.68 Å². The summed E-state index contributed by atoms with van der Waals surface area (Å²) in [6, 6.07) is 12.4. The number of aryl methyl sites for hydroxylation is 1. The van der Waals surface area contributed by atoms with Crippen LogP contribution in [-0.4, -0.2) is 9.78 Å². The molecule has 2 aromatic rings. The lowest BCUT2D eigenvalue weighted by Gasteiger charge is -2.04. The lowest BCUT2D eigenvalue weighted by Crippen LogP contribution is -2.15. The lowest BCUT2D eigenvalue weighted by atomic mass is 10.2. The first-order valence-corrected chi connectivity index (χ1v) is 5.08. The smallest absolute Gasteiger partial charge is 0.0518 e. The maximum absolute atomic E-state index is 4.12. The van der Waals surface area contributed by atoms with E-state index in [-0.39, 0.29) is 0 Å². The molecular weight excluding hydrogens is 186 g/mol. The number of rotatable bonds is 4. The molecule has 2 rings (SSSR count). The van der Waals surface area contributed by atoms with Gasteiger partial charge in [0.25, 0.3) is 0 Å². The van der Waals surface area contributed by atoms with Crippen LogP contribution < -0.4 is 5.32 Å². The van der Waals surface area contributed by atoms with Gasteiger partial charge in [0.15, 0.2) is 0 Å². The quantitative estimate of drug-likeness (QED) is 0.816. The topological polar surface area (TPSA) is 29.9 Å². The van der Waals surface area contributed by atoms with Crippen molar-refractivity contribution in [3.05, 3.63) is 53.9 Å². The summed E-state index contributed by atoms with van der Waals surface area (Å²) in [5.74, 6) is 0. The fourth-order valence-corrected chi connectivity index (χ4v) is 1.51. The Morgan fingerprint density at radius 1 is 1.13 bits per heavy atom. The van der Waals surface area contributed by atoms with Crippen molar-refractivity contribution in [2.45, 2.75) is 13.1 Å². The van der Waals surface area contributed by atoms with Crippen molar-refractivity contribution in [2.24, 2.45) is 7.05 Å².